The number of hydrogen-bond acceptors (Lipinski definition) is 6. The predicted octanol–water partition coefficient (Wildman–Crippen LogP) is 3.14. The van der Waals surface area contributed by atoms with Crippen LogP contribution in [-0.2, 0) is 4.79 Å². The predicted molar refractivity (Wildman–Crippen MR) is 96.7 cm³/mol. The van der Waals surface area contributed by atoms with Crippen LogP contribution in [0.5, 0.6) is 11.5 Å². The first-order valence-corrected chi connectivity index (χ1v) is 8.57. The van der Waals surface area contributed by atoms with Gasteiger partial charge in [-0.3, -0.25) is 4.79 Å². The maximum atomic E-state index is 12.1. The number of rotatable bonds is 7. The number of ether oxygens (including phenoxy) is 2. The Bertz CT molecular complexity index is 700. The summed E-state index contributed by atoms with van der Waals surface area (Å²) < 4.78 is 10.5. The molecular weight excluding hydrogens is 326 g/mol. The van der Waals surface area contributed by atoms with E-state index in [1.54, 1.807) is 14.2 Å². The summed E-state index contributed by atoms with van der Waals surface area (Å²) in [6, 6.07) is 5.04. The second-order valence-electron chi connectivity index (χ2n) is 5.83. The van der Waals surface area contributed by atoms with Gasteiger partial charge in [0.05, 0.1) is 26.0 Å². The lowest BCUT2D eigenvalue weighted by Crippen LogP contribution is -2.36. The zero-order valence-electron chi connectivity index (χ0n) is 14.3. The molecule has 0 aliphatic rings. The molecule has 0 fully saturated rings. The first-order chi connectivity index (χ1) is 11.4. The molecule has 3 N–H and O–H groups in total. The summed E-state index contributed by atoms with van der Waals surface area (Å²) in [4.78, 5) is 16.5. The molecule has 1 heterocycles. The fraction of sp³-hybridized carbons (Fsp3) is 0.412. The Morgan fingerprint density at radius 2 is 2.00 bits per heavy atom. The van der Waals surface area contributed by atoms with Crippen molar-refractivity contribution in [2.24, 2.45) is 11.7 Å². The summed E-state index contributed by atoms with van der Waals surface area (Å²) in [6.45, 7) is 4.07. The Morgan fingerprint density at radius 3 is 2.62 bits per heavy atom. The van der Waals surface area contributed by atoms with Crippen LogP contribution in [-0.4, -0.2) is 31.2 Å². The van der Waals surface area contributed by atoms with Crippen molar-refractivity contribution < 1.29 is 14.3 Å². The normalized spacial score (nSPS) is 12.1. The van der Waals surface area contributed by atoms with Gasteiger partial charge < -0.3 is 20.5 Å². The number of amides is 1. The molecule has 1 aromatic carbocycles. The number of aromatic nitrogens is 1. The summed E-state index contributed by atoms with van der Waals surface area (Å²) >= 11 is 1.36. The molecule has 7 heteroatoms. The van der Waals surface area contributed by atoms with Crippen molar-refractivity contribution >= 4 is 22.4 Å². The molecule has 0 bridgehead atoms. The van der Waals surface area contributed by atoms with Crippen molar-refractivity contribution in [1.29, 1.82) is 0 Å². The molecule has 2 rings (SSSR count). The van der Waals surface area contributed by atoms with Crippen molar-refractivity contribution in [3.8, 4) is 22.8 Å². The molecule has 1 aromatic heterocycles. The highest BCUT2D eigenvalue weighted by Gasteiger charge is 2.17. The summed E-state index contributed by atoms with van der Waals surface area (Å²) in [5, 5.41) is 5.19. The van der Waals surface area contributed by atoms with Crippen molar-refractivity contribution in [3.63, 3.8) is 0 Å². The van der Waals surface area contributed by atoms with Gasteiger partial charge in [0.2, 0.25) is 5.91 Å². The van der Waals surface area contributed by atoms with Gasteiger partial charge in [-0.1, -0.05) is 13.8 Å². The Labute approximate surface area is 146 Å². The van der Waals surface area contributed by atoms with Crippen LogP contribution in [0.1, 0.15) is 20.3 Å². The molecule has 1 atom stereocenters. The maximum Gasteiger partial charge on any atom is 0.243 e. The Hall–Kier alpha value is -2.12. The summed E-state index contributed by atoms with van der Waals surface area (Å²) in [7, 11) is 3.18. The van der Waals surface area contributed by atoms with E-state index in [1.807, 2.05) is 37.4 Å². The van der Waals surface area contributed by atoms with E-state index in [0.717, 1.165) is 11.3 Å². The molecular formula is C17H23N3O3S. The topological polar surface area (TPSA) is 86.5 Å². The summed E-state index contributed by atoms with van der Waals surface area (Å²) in [5.41, 5.74) is 7.53. The highest BCUT2D eigenvalue weighted by molar-refractivity contribution is 7.14. The lowest BCUT2D eigenvalue weighted by atomic mass is 10.0. The molecule has 0 aliphatic heterocycles. The van der Waals surface area contributed by atoms with E-state index in [9.17, 15) is 4.79 Å². The van der Waals surface area contributed by atoms with E-state index >= 15 is 0 Å². The van der Waals surface area contributed by atoms with Crippen molar-refractivity contribution in [1.82, 2.24) is 4.98 Å². The van der Waals surface area contributed by atoms with E-state index < -0.39 is 6.04 Å². The minimum absolute atomic E-state index is 0.211. The number of thiazole rings is 1. The van der Waals surface area contributed by atoms with Gasteiger partial charge in [-0.15, -0.1) is 11.3 Å². The molecule has 24 heavy (non-hydrogen) atoms. The van der Waals surface area contributed by atoms with Crippen molar-refractivity contribution in [3.05, 3.63) is 23.6 Å². The van der Waals surface area contributed by atoms with Crippen molar-refractivity contribution in [2.75, 3.05) is 19.5 Å². The standard InChI is InChI=1S/C17H23N3O3S/c1-10(2)7-12(18)16(21)20-17-19-13(9-24-17)11-5-6-14(22-3)15(8-11)23-4/h5-6,8-10,12H,7,18H2,1-4H3,(H,19,20,21)/t12-/m0/s1. The monoisotopic (exact) mass is 349 g/mol. The number of methoxy groups -OCH3 is 2. The molecule has 0 aliphatic carbocycles. The fourth-order valence-electron chi connectivity index (χ4n) is 2.27. The second kappa shape index (κ2) is 8.12. The first kappa shape index (κ1) is 18.2. The molecule has 0 radical (unpaired) electrons. The van der Waals surface area contributed by atoms with Gasteiger partial charge >= 0.3 is 0 Å². The highest BCUT2D eigenvalue weighted by Crippen LogP contribution is 2.33. The van der Waals surface area contributed by atoms with E-state index in [4.69, 9.17) is 15.2 Å². The lowest BCUT2D eigenvalue weighted by Gasteiger charge is -2.12. The first-order valence-electron chi connectivity index (χ1n) is 7.69. The highest BCUT2D eigenvalue weighted by atomic mass is 32.1. The van der Waals surface area contributed by atoms with Gasteiger partial charge in [0.25, 0.3) is 0 Å². The number of anilines is 1. The Morgan fingerprint density at radius 1 is 1.29 bits per heavy atom. The molecule has 1 amide bonds. The average molecular weight is 349 g/mol. The zero-order chi connectivity index (χ0) is 17.7. The van der Waals surface area contributed by atoms with Gasteiger partial charge in [-0.2, -0.15) is 0 Å². The van der Waals surface area contributed by atoms with E-state index in [-0.39, 0.29) is 5.91 Å². The number of nitrogens with two attached hydrogens (primary N) is 1. The molecule has 0 spiro atoms. The molecule has 0 unspecified atom stereocenters. The minimum atomic E-state index is -0.529. The molecule has 0 saturated heterocycles. The SMILES string of the molecule is COc1ccc(-c2csc(NC(=O)[C@@H](N)CC(C)C)n2)cc1OC. The van der Waals surface area contributed by atoms with Gasteiger partial charge in [0.1, 0.15) is 0 Å². The summed E-state index contributed by atoms with van der Waals surface area (Å²) in [5.74, 6) is 1.44. The van der Waals surface area contributed by atoms with Gasteiger partial charge in [0.15, 0.2) is 16.6 Å². The number of carbonyl (C=O) groups excluding carboxylic acids is 1. The largest absolute Gasteiger partial charge is 0.493 e. The van der Waals surface area contributed by atoms with E-state index in [1.165, 1.54) is 11.3 Å². The average Bonchev–Trinajstić information content (AvgIpc) is 3.01. The Balaban J connectivity index is 2.12. The van der Waals surface area contributed by atoms with Gasteiger partial charge in [0, 0.05) is 10.9 Å². The summed E-state index contributed by atoms with van der Waals surface area (Å²) in [6.07, 6.45) is 0.639. The number of hydrogen-bond donors (Lipinski definition) is 2. The third-order valence-electron chi connectivity index (χ3n) is 3.48. The third kappa shape index (κ3) is 4.46. The van der Waals surface area contributed by atoms with Crippen LogP contribution in [0.3, 0.4) is 0 Å². The lowest BCUT2D eigenvalue weighted by molar-refractivity contribution is -0.117. The van der Waals surface area contributed by atoms with Crippen LogP contribution in [0, 0.1) is 5.92 Å². The van der Waals surface area contributed by atoms with Crippen LogP contribution >= 0.6 is 11.3 Å². The second-order valence-corrected chi connectivity index (χ2v) is 6.69. The molecule has 6 nitrogen and oxygen atoms in total. The minimum Gasteiger partial charge on any atom is -0.493 e. The van der Waals surface area contributed by atoms with Crippen molar-refractivity contribution in [2.45, 2.75) is 26.3 Å². The maximum absolute atomic E-state index is 12.1. The van der Waals surface area contributed by atoms with Crippen LogP contribution in [0.15, 0.2) is 23.6 Å². The fourth-order valence-corrected chi connectivity index (χ4v) is 2.99. The molecule has 0 saturated carbocycles. The molecule has 130 valence electrons. The zero-order valence-corrected chi connectivity index (χ0v) is 15.1. The number of carbonyl (C=O) groups is 1. The number of nitrogens with zero attached hydrogens (tertiary/aromatic N) is 1. The number of nitrogens with one attached hydrogen (secondary N) is 1. The van der Waals surface area contributed by atoms with Crippen LogP contribution in [0.4, 0.5) is 5.13 Å². The third-order valence-corrected chi connectivity index (χ3v) is 4.23. The molecule has 2 aromatic rings. The smallest absolute Gasteiger partial charge is 0.243 e. The van der Waals surface area contributed by atoms with Crippen LogP contribution in [0.25, 0.3) is 11.3 Å². The van der Waals surface area contributed by atoms with Crippen LogP contribution in [0.2, 0.25) is 0 Å². The van der Waals surface area contributed by atoms with E-state index in [0.29, 0.717) is 29.0 Å². The van der Waals surface area contributed by atoms with E-state index in [2.05, 4.69) is 10.3 Å². The quantitative estimate of drug-likeness (QED) is 0.802. The van der Waals surface area contributed by atoms with Crippen LogP contribution < -0.4 is 20.5 Å². The number of benzene rings is 1. The Kier molecular flexibility index (Phi) is 6.16. The van der Waals surface area contributed by atoms with Gasteiger partial charge in [-0.05, 0) is 30.5 Å². The van der Waals surface area contributed by atoms with Gasteiger partial charge in [-0.25, -0.2) is 4.98 Å².